The van der Waals surface area contributed by atoms with Crippen LogP contribution in [-0.4, -0.2) is 19.0 Å². The Morgan fingerprint density at radius 1 is 1.41 bits per heavy atom. The minimum Gasteiger partial charge on any atom is -0.464 e. The van der Waals surface area contributed by atoms with E-state index in [1.165, 1.54) is 0 Å². The summed E-state index contributed by atoms with van der Waals surface area (Å²) in [7, 11) is 0.939. The van der Waals surface area contributed by atoms with Crippen LogP contribution in [0.25, 0.3) is 0 Å². The lowest BCUT2D eigenvalue weighted by molar-refractivity contribution is -0.161. The molecule has 0 fully saturated rings. The van der Waals surface area contributed by atoms with Crippen molar-refractivity contribution in [2.45, 2.75) is 12.3 Å². The Hall–Kier alpha value is -0.980. The fourth-order valence-corrected chi connectivity index (χ4v) is 2.07. The average molecular weight is 352 g/mol. The number of carbonyl (C=O) groups is 1. The van der Waals surface area contributed by atoms with Gasteiger partial charge in [0.15, 0.2) is 0 Å². The first-order chi connectivity index (χ1) is 7.95. The molecule has 0 saturated carbocycles. The number of carbonyl (C=O) groups excluding carboxylic acids is 1. The molecule has 2 nitrogen and oxygen atoms in total. The van der Waals surface area contributed by atoms with Crippen LogP contribution in [0.15, 0.2) is 40.0 Å². The van der Waals surface area contributed by atoms with Crippen molar-refractivity contribution < 1.29 is 18.3 Å². The fraction of sp³-hybridized carbons (Fsp3) is 0.250. The molecular weight excluding hydrogens is 341 g/mol. The van der Waals surface area contributed by atoms with E-state index in [2.05, 4.69) is 4.74 Å². The molecule has 0 spiro atoms. The second-order valence-corrected chi connectivity index (χ2v) is 4.75. The molecule has 0 aliphatic rings. The second kappa shape index (κ2) is 6.09. The standard InChI is InChI=1S/C12H11F2IO2/c1-17-11(16)12(13,14)8-10(15)7-9-5-3-2-4-6-9/h2-6,8H,7H2,1H3. The number of allylic oxidation sites excluding steroid dienone is 1. The molecule has 1 rings (SSSR count). The van der Waals surface area contributed by atoms with Crippen LogP contribution in [-0.2, 0) is 16.0 Å². The Labute approximate surface area is 112 Å². The quantitative estimate of drug-likeness (QED) is 0.614. The van der Waals surface area contributed by atoms with Gasteiger partial charge in [-0.3, -0.25) is 0 Å². The van der Waals surface area contributed by atoms with Gasteiger partial charge in [-0.25, -0.2) is 4.79 Å². The molecule has 1 aromatic rings. The smallest absolute Gasteiger partial charge is 0.381 e. The highest BCUT2D eigenvalue weighted by atomic mass is 127. The highest BCUT2D eigenvalue weighted by Crippen LogP contribution is 2.24. The van der Waals surface area contributed by atoms with E-state index < -0.39 is 11.9 Å². The van der Waals surface area contributed by atoms with E-state index in [9.17, 15) is 13.6 Å². The number of ether oxygens (including phenoxy) is 1. The molecule has 0 radical (unpaired) electrons. The second-order valence-electron chi connectivity index (χ2n) is 3.37. The summed E-state index contributed by atoms with van der Waals surface area (Å²) in [5.74, 6) is -5.11. The first-order valence-corrected chi connectivity index (χ1v) is 5.91. The van der Waals surface area contributed by atoms with Crippen molar-refractivity contribution in [3.8, 4) is 0 Å². The van der Waals surface area contributed by atoms with Crippen molar-refractivity contribution in [3.63, 3.8) is 0 Å². The minimum absolute atomic E-state index is 0.369. The molecular formula is C12H11F2IO2. The summed E-state index contributed by atoms with van der Waals surface area (Å²) in [6.45, 7) is 0. The van der Waals surface area contributed by atoms with E-state index in [0.717, 1.165) is 12.7 Å². The lowest BCUT2D eigenvalue weighted by Gasteiger charge is -2.10. The van der Waals surface area contributed by atoms with Gasteiger partial charge in [-0.1, -0.05) is 30.3 Å². The van der Waals surface area contributed by atoms with Crippen LogP contribution in [0.1, 0.15) is 5.56 Å². The van der Waals surface area contributed by atoms with Crippen LogP contribution in [0.3, 0.4) is 0 Å². The van der Waals surface area contributed by atoms with Crippen LogP contribution < -0.4 is 0 Å². The van der Waals surface area contributed by atoms with Gasteiger partial charge in [-0.05, 0) is 31.7 Å². The fourth-order valence-electron chi connectivity index (χ4n) is 1.23. The molecule has 0 N–H and O–H groups in total. The highest BCUT2D eigenvalue weighted by Gasteiger charge is 2.37. The van der Waals surface area contributed by atoms with Gasteiger partial charge >= 0.3 is 11.9 Å². The predicted molar refractivity (Wildman–Crippen MR) is 69.2 cm³/mol. The van der Waals surface area contributed by atoms with E-state index in [1.54, 1.807) is 22.6 Å². The van der Waals surface area contributed by atoms with Crippen molar-refractivity contribution in [2.75, 3.05) is 7.11 Å². The zero-order valence-electron chi connectivity index (χ0n) is 9.12. The van der Waals surface area contributed by atoms with Crippen molar-refractivity contribution in [2.24, 2.45) is 0 Å². The highest BCUT2D eigenvalue weighted by molar-refractivity contribution is 14.1. The van der Waals surface area contributed by atoms with E-state index in [4.69, 9.17) is 0 Å². The maximum absolute atomic E-state index is 13.2. The third kappa shape index (κ3) is 4.41. The number of halogens is 3. The molecule has 0 atom stereocenters. The molecule has 0 amide bonds. The molecule has 17 heavy (non-hydrogen) atoms. The number of benzene rings is 1. The molecule has 0 unspecified atom stereocenters. The molecule has 0 heterocycles. The van der Waals surface area contributed by atoms with E-state index in [1.807, 2.05) is 30.3 Å². The first kappa shape index (κ1) is 14.1. The number of esters is 1. The lowest BCUT2D eigenvalue weighted by Crippen LogP contribution is -2.27. The molecule has 5 heteroatoms. The lowest BCUT2D eigenvalue weighted by atomic mass is 10.1. The van der Waals surface area contributed by atoms with E-state index >= 15 is 0 Å². The van der Waals surface area contributed by atoms with Gasteiger partial charge in [0.1, 0.15) is 0 Å². The summed E-state index contributed by atoms with van der Waals surface area (Å²) in [5.41, 5.74) is 0.911. The Kier molecular flexibility index (Phi) is 5.04. The van der Waals surface area contributed by atoms with Crippen molar-refractivity contribution in [3.05, 3.63) is 45.6 Å². The Bertz CT molecular complexity index is 416. The van der Waals surface area contributed by atoms with Gasteiger partial charge in [-0.2, -0.15) is 8.78 Å². The Morgan fingerprint density at radius 3 is 2.53 bits per heavy atom. The molecule has 0 aliphatic heterocycles. The molecule has 0 bridgehead atoms. The number of methoxy groups -OCH3 is 1. The summed E-state index contributed by atoms with van der Waals surface area (Å²) < 4.78 is 30.9. The molecule has 0 aliphatic carbocycles. The van der Waals surface area contributed by atoms with Crippen LogP contribution >= 0.6 is 22.6 Å². The third-order valence-corrected chi connectivity index (χ3v) is 2.70. The first-order valence-electron chi connectivity index (χ1n) is 4.83. The third-order valence-electron chi connectivity index (χ3n) is 2.01. The van der Waals surface area contributed by atoms with Crippen LogP contribution in [0, 0.1) is 0 Å². The summed E-state index contributed by atoms with van der Waals surface area (Å²) >= 11 is 1.79. The van der Waals surface area contributed by atoms with Gasteiger partial charge in [0.25, 0.3) is 0 Å². The van der Waals surface area contributed by atoms with Crippen molar-refractivity contribution >= 4 is 28.6 Å². The normalized spacial score (nSPS) is 12.4. The van der Waals surface area contributed by atoms with Crippen LogP contribution in [0.2, 0.25) is 0 Å². The van der Waals surface area contributed by atoms with Gasteiger partial charge in [0.2, 0.25) is 0 Å². The SMILES string of the molecule is COC(=O)C(F)(F)C=C(I)Cc1ccccc1. The van der Waals surface area contributed by atoms with Gasteiger partial charge in [-0.15, -0.1) is 0 Å². The minimum atomic E-state index is -3.57. The van der Waals surface area contributed by atoms with Gasteiger partial charge < -0.3 is 4.74 Å². The average Bonchev–Trinajstić information content (AvgIpc) is 2.28. The number of hydrogen-bond acceptors (Lipinski definition) is 2. The van der Waals surface area contributed by atoms with Crippen molar-refractivity contribution in [1.82, 2.24) is 0 Å². The van der Waals surface area contributed by atoms with Crippen LogP contribution in [0.4, 0.5) is 8.78 Å². The number of alkyl halides is 2. The Balaban J connectivity index is 2.76. The summed E-state index contributed by atoms with van der Waals surface area (Å²) in [6.07, 6.45) is 1.00. The van der Waals surface area contributed by atoms with E-state index in [0.29, 0.717) is 16.1 Å². The monoisotopic (exact) mass is 352 g/mol. The predicted octanol–water partition coefficient (Wildman–Crippen LogP) is 3.36. The van der Waals surface area contributed by atoms with Crippen molar-refractivity contribution in [1.29, 1.82) is 0 Å². The Morgan fingerprint density at radius 2 is 2.00 bits per heavy atom. The summed E-state index contributed by atoms with van der Waals surface area (Å²) in [5, 5.41) is 0. The summed E-state index contributed by atoms with van der Waals surface area (Å²) in [4.78, 5) is 10.8. The zero-order chi connectivity index (χ0) is 12.9. The summed E-state index contributed by atoms with van der Waals surface area (Å²) in [6, 6.07) is 9.18. The van der Waals surface area contributed by atoms with Gasteiger partial charge in [0, 0.05) is 12.5 Å². The van der Waals surface area contributed by atoms with Crippen LogP contribution in [0.5, 0.6) is 0 Å². The molecule has 1 aromatic carbocycles. The molecule has 0 saturated heterocycles. The number of hydrogen-bond donors (Lipinski definition) is 0. The van der Waals surface area contributed by atoms with E-state index in [-0.39, 0.29) is 0 Å². The number of rotatable bonds is 4. The largest absolute Gasteiger partial charge is 0.464 e. The molecule has 92 valence electrons. The maximum atomic E-state index is 13.2. The molecule has 0 aromatic heterocycles. The maximum Gasteiger partial charge on any atom is 0.381 e. The zero-order valence-corrected chi connectivity index (χ0v) is 11.3. The topological polar surface area (TPSA) is 26.3 Å². The van der Waals surface area contributed by atoms with Gasteiger partial charge in [0.05, 0.1) is 7.11 Å².